The first-order valence-electron chi connectivity index (χ1n) is 8.19. The zero-order chi connectivity index (χ0) is 18.4. The number of aryl methyl sites for hydroxylation is 2. The molecule has 2 rings (SSSR count). The van der Waals surface area contributed by atoms with Crippen molar-refractivity contribution in [2.75, 3.05) is 12.8 Å². The molecule has 0 fully saturated rings. The summed E-state index contributed by atoms with van der Waals surface area (Å²) in [5.41, 5.74) is 3.79. The lowest BCUT2D eigenvalue weighted by molar-refractivity contribution is -0.120. The molecule has 2 aromatic carbocycles. The van der Waals surface area contributed by atoms with Gasteiger partial charge in [0, 0.05) is 10.5 Å². The fraction of sp³-hybridized carbons (Fsp3) is 0.300. The van der Waals surface area contributed by atoms with Gasteiger partial charge in [0.15, 0.2) is 0 Å². The Labute approximate surface area is 153 Å². The Balaban J connectivity index is 1.86. The molecule has 1 unspecified atom stereocenters. The van der Waals surface area contributed by atoms with Gasteiger partial charge in [0.2, 0.25) is 5.91 Å². The number of thioether (sulfide) groups is 1. The van der Waals surface area contributed by atoms with Gasteiger partial charge in [-0.2, -0.15) is 0 Å². The van der Waals surface area contributed by atoms with E-state index in [1.165, 1.54) is 4.90 Å². The Bertz CT molecular complexity index is 757. The van der Waals surface area contributed by atoms with Crippen LogP contribution in [-0.2, 0) is 4.79 Å². The second-order valence-electron chi connectivity index (χ2n) is 6.04. The second kappa shape index (κ2) is 8.72. The van der Waals surface area contributed by atoms with Crippen LogP contribution in [0.2, 0.25) is 0 Å². The van der Waals surface area contributed by atoms with Crippen LogP contribution < -0.4 is 10.6 Å². The van der Waals surface area contributed by atoms with Gasteiger partial charge in [-0.3, -0.25) is 9.59 Å². The predicted molar refractivity (Wildman–Crippen MR) is 103 cm³/mol. The molecule has 2 amide bonds. The third-order valence-corrected chi connectivity index (χ3v) is 4.92. The average Bonchev–Trinajstić information content (AvgIpc) is 2.62. The maximum absolute atomic E-state index is 12.1. The fourth-order valence-electron chi connectivity index (χ4n) is 2.41. The molecule has 25 heavy (non-hydrogen) atoms. The highest BCUT2D eigenvalue weighted by atomic mass is 32.2. The minimum atomic E-state index is -0.241. The third kappa shape index (κ3) is 5.36. The highest BCUT2D eigenvalue weighted by Gasteiger charge is 2.12. The summed E-state index contributed by atoms with van der Waals surface area (Å²) in [7, 11) is 0. The van der Waals surface area contributed by atoms with E-state index in [0.29, 0.717) is 5.56 Å². The van der Waals surface area contributed by atoms with Crippen molar-refractivity contribution in [2.24, 2.45) is 0 Å². The van der Waals surface area contributed by atoms with E-state index < -0.39 is 0 Å². The van der Waals surface area contributed by atoms with Crippen LogP contribution in [0.4, 0.5) is 0 Å². The molecule has 0 bridgehead atoms. The van der Waals surface area contributed by atoms with Crippen LogP contribution in [0, 0.1) is 13.8 Å². The molecular formula is C20H24N2O2S. The van der Waals surface area contributed by atoms with Gasteiger partial charge in [0.25, 0.3) is 5.91 Å². The minimum Gasteiger partial charge on any atom is -0.348 e. The number of carbonyl (C=O) groups excluding carboxylic acids is 2. The standard InChI is InChI=1S/C20H24N2O2S/c1-13-5-6-17(11-14(13)2)20(24)21-12-19(23)22-15(3)16-7-9-18(25-4)10-8-16/h5-11,15H,12H2,1-4H3,(H,21,24)(H,22,23). The van der Waals surface area contributed by atoms with Crippen LogP contribution in [-0.4, -0.2) is 24.6 Å². The highest BCUT2D eigenvalue weighted by Crippen LogP contribution is 2.18. The van der Waals surface area contributed by atoms with E-state index in [-0.39, 0.29) is 24.4 Å². The fourth-order valence-corrected chi connectivity index (χ4v) is 2.82. The molecular weight excluding hydrogens is 332 g/mol. The van der Waals surface area contributed by atoms with Gasteiger partial charge in [-0.1, -0.05) is 18.2 Å². The van der Waals surface area contributed by atoms with Gasteiger partial charge in [0.1, 0.15) is 0 Å². The molecule has 0 spiro atoms. The SMILES string of the molecule is CSc1ccc(C(C)NC(=O)CNC(=O)c2ccc(C)c(C)c2)cc1. The van der Waals surface area contributed by atoms with E-state index >= 15 is 0 Å². The second-order valence-corrected chi connectivity index (χ2v) is 6.92. The maximum atomic E-state index is 12.1. The monoisotopic (exact) mass is 356 g/mol. The Hall–Kier alpha value is -2.27. The van der Waals surface area contributed by atoms with Crippen LogP contribution in [0.1, 0.15) is 40.0 Å². The van der Waals surface area contributed by atoms with Gasteiger partial charge in [-0.15, -0.1) is 11.8 Å². The van der Waals surface area contributed by atoms with E-state index in [4.69, 9.17) is 0 Å². The van der Waals surface area contributed by atoms with Crippen LogP contribution in [0.3, 0.4) is 0 Å². The topological polar surface area (TPSA) is 58.2 Å². The lowest BCUT2D eigenvalue weighted by Crippen LogP contribution is -2.38. The molecule has 2 N–H and O–H groups in total. The van der Waals surface area contributed by atoms with Crippen LogP contribution in [0.15, 0.2) is 47.4 Å². The molecule has 4 nitrogen and oxygen atoms in total. The zero-order valence-corrected chi connectivity index (χ0v) is 15.9. The number of nitrogens with one attached hydrogen (secondary N) is 2. The predicted octanol–water partition coefficient (Wildman–Crippen LogP) is 3.63. The molecule has 1 atom stereocenters. The Morgan fingerprint density at radius 3 is 2.32 bits per heavy atom. The molecule has 0 aromatic heterocycles. The van der Waals surface area contributed by atoms with Crippen LogP contribution in [0.25, 0.3) is 0 Å². The molecule has 0 aliphatic rings. The first-order chi connectivity index (χ1) is 11.9. The molecule has 2 aromatic rings. The van der Waals surface area contributed by atoms with E-state index in [1.807, 2.05) is 63.4 Å². The van der Waals surface area contributed by atoms with E-state index in [0.717, 1.165) is 16.7 Å². The van der Waals surface area contributed by atoms with Crippen molar-refractivity contribution in [1.82, 2.24) is 10.6 Å². The van der Waals surface area contributed by atoms with Gasteiger partial charge in [-0.05, 0) is 68.0 Å². The highest BCUT2D eigenvalue weighted by molar-refractivity contribution is 7.98. The number of hydrogen-bond donors (Lipinski definition) is 2. The summed E-state index contributed by atoms with van der Waals surface area (Å²) in [5, 5.41) is 5.57. The molecule has 0 saturated heterocycles. The number of amides is 2. The summed E-state index contributed by atoms with van der Waals surface area (Å²) in [6.07, 6.45) is 2.03. The van der Waals surface area contributed by atoms with Gasteiger partial charge < -0.3 is 10.6 Å². The quantitative estimate of drug-likeness (QED) is 0.777. The molecule has 132 valence electrons. The first kappa shape index (κ1) is 19.1. The largest absolute Gasteiger partial charge is 0.348 e. The van der Waals surface area contributed by atoms with Gasteiger partial charge in [0.05, 0.1) is 12.6 Å². The van der Waals surface area contributed by atoms with Gasteiger partial charge in [-0.25, -0.2) is 0 Å². The number of benzene rings is 2. The molecule has 0 saturated carbocycles. The molecule has 5 heteroatoms. The van der Waals surface area contributed by atoms with Crippen molar-refractivity contribution >= 4 is 23.6 Å². The normalized spacial score (nSPS) is 11.7. The molecule has 0 aliphatic carbocycles. The lowest BCUT2D eigenvalue weighted by atomic mass is 10.1. The third-order valence-electron chi connectivity index (χ3n) is 4.17. The Kier molecular flexibility index (Phi) is 6.65. The van der Waals surface area contributed by atoms with E-state index in [1.54, 1.807) is 17.8 Å². The summed E-state index contributed by atoms with van der Waals surface area (Å²) < 4.78 is 0. The smallest absolute Gasteiger partial charge is 0.251 e. The van der Waals surface area contributed by atoms with Crippen molar-refractivity contribution in [3.8, 4) is 0 Å². The summed E-state index contributed by atoms with van der Waals surface area (Å²) in [6, 6.07) is 13.5. The molecule has 0 aliphatic heterocycles. The summed E-state index contributed by atoms with van der Waals surface area (Å²) in [4.78, 5) is 25.4. The Morgan fingerprint density at radius 1 is 1.04 bits per heavy atom. The number of carbonyl (C=O) groups is 2. The van der Waals surface area contributed by atoms with Crippen LogP contribution in [0.5, 0.6) is 0 Å². The maximum Gasteiger partial charge on any atom is 0.251 e. The van der Waals surface area contributed by atoms with E-state index in [9.17, 15) is 9.59 Å². The van der Waals surface area contributed by atoms with Crippen molar-refractivity contribution in [2.45, 2.75) is 31.7 Å². The van der Waals surface area contributed by atoms with Gasteiger partial charge >= 0.3 is 0 Å². The van der Waals surface area contributed by atoms with Crippen molar-refractivity contribution in [1.29, 1.82) is 0 Å². The van der Waals surface area contributed by atoms with Crippen molar-refractivity contribution in [3.63, 3.8) is 0 Å². The zero-order valence-electron chi connectivity index (χ0n) is 15.1. The van der Waals surface area contributed by atoms with E-state index in [2.05, 4.69) is 10.6 Å². The molecule has 0 radical (unpaired) electrons. The summed E-state index contributed by atoms with van der Waals surface area (Å²) >= 11 is 1.68. The lowest BCUT2D eigenvalue weighted by Gasteiger charge is -2.15. The number of rotatable bonds is 6. The minimum absolute atomic E-state index is 0.0427. The summed E-state index contributed by atoms with van der Waals surface area (Å²) in [6.45, 7) is 5.84. The molecule has 0 heterocycles. The van der Waals surface area contributed by atoms with Crippen molar-refractivity contribution in [3.05, 3.63) is 64.7 Å². The first-order valence-corrected chi connectivity index (χ1v) is 9.42. The van der Waals surface area contributed by atoms with Crippen molar-refractivity contribution < 1.29 is 9.59 Å². The van der Waals surface area contributed by atoms with Crippen LogP contribution >= 0.6 is 11.8 Å². The average molecular weight is 356 g/mol. The number of hydrogen-bond acceptors (Lipinski definition) is 3. The Morgan fingerprint density at radius 2 is 1.72 bits per heavy atom. The summed E-state index contributed by atoms with van der Waals surface area (Å²) in [5.74, 6) is -0.450.